The first-order valence-electron chi connectivity index (χ1n) is 7.66. The van der Waals surface area contributed by atoms with E-state index in [0.717, 1.165) is 29.6 Å². The van der Waals surface area contributed by atoms with E-state index >= 15 is 0 Å². The Kier molecular flexibility index (Phi) is 4.52. The molecule has 0 unspecified atom stereocenters. The monoisotopic (exact) mass is 316 g/mol. The topological polar surface area (TPSA) is 41.9 Å². The lowest BCUT2D eigenvalue weighted by atomic mass is 10.2. The van der Waals surface area contributed by atoms with Crippen molar-refractivity contribution in [2.45, 2.75) is 32.8 Å². The van der Waals surface area contributed by atoms with Crippen LogP contribution in [-0.2, 0) is 4.79 Å². The normalized spacial score (nSPS) is 20.1. The predicted octanol–water partition coefficient (Wildman–Crippen LogP) is 3.54. The molecule has 3 rings (SSSR count). The molecule has 0 aliphatic carbocycles. The van der Waals surface area contributed by atoms with E-state index in [1.54, 1.807) is 0 Å². The van der Waals surface area contributed by atoms with Crippen molar-refractivity contribution in [2.24, 2.45) is 4.99 Å². The summed E-state index contributed by atoms with van der Waals surface area (Å²) < 4.78 is 5.62. The third kappa shape index (κ3) is 3.53. The van der Waals surface area contributed by atoms with Crippen LogP contribution < -0.4 is 4.74 Å². The number of carbonyl (C=O) groups excluding carboxylic acids is 1. The molecule has 0 bridgehead atoms. The van der Waals surface area contributed by atoms with Gasteiger partial charge in [-0.3, -0.25) is 4.79 Å². The summed E-state index contributed by atoms with van der Waals surface area (Å²) in [4.78, 5) is 19.1. The maximum Gasteiger partial charge on any atom is 0.286 e. The highest BCUT2D eigenvalue weighted by Gasteiger charge is 2.27. The van der Waals surface area contributed by atoms with Gasteiger partial charge in [-0.2, -0.15) is 4.99 Å². The van der Waals surface area contributed by atoms with Gasteiger partial charge in [-0.15, -0.1) is 0 Å². The molecule has 2 heterocycles. The van der Waals surface area contributed by atoms with Crippen LogP contribution in [0.2, 0.25) is 0 Å². The minimum atomic E-state index is -0.130. The zero-order chi connectivity index (χ0) is 15.5. The Balaban J connectivity index is 1.69. The standard InChI is InChI=1S/C17H20N2O2S/c1-12(2)21-14-7-5-13(6-8-14)11-15-16(20)18-17(22-15)19-9-3-4-10-19/h5-8,11-12H,3-4,9-10H2,1-2H3/b15-11+. The molecule has 4 nitrogen and oxygen atoms in total. The van der Waals surface area contributed by atoms with Crippen molar-refractivity contribution in [1.29, 1.82) is 0 Å². The molecule has 0 N–H and O–H groups in total. The molecule has 2 aliphatic rings. The number of carbonyl (C=O) groups is 1. The number of hydrogen-bond acceptors (Lipinski definition) is 4. The summed E-state index contributed by atoms with van der Waals surface area (Å²) in [6.45, 7) is 6.02. The number of nitrogens with zero attached hydrogens (tertiary/aromatic N) is 2. The minimum Gasteiger partial charge on any atom is -0.491 e. The molecule has 2 aliphatic heterocycles. The first kappa shape index (κ1) is 15.2. The van der Waals surface area contributed by atoms with Crippen molar-refractivity contribution in [3.8, 4) is 5.75 Å². The van der Waals surface area contributed by atoms with Gasteiger partial charge in [0, 0.05) is 13.1 Å². The molecule has 22 heavy (non-hydrogen) atoms. The summed E-state index contributed by atoms with van der Waals surface area (Å²) in [5, 5.41) is 0.855. The number of hydrogen-bond donors (Lipinski definition) is 0. The van der Waals surface area contributed by atoms with Crippen molar-refractivity contribution in [1.82, 2.24) is 4.90 Å². The quantitative estimate of drug-likeness (QED) is 0.800. The molecule has 5 heteroatoms. The highest BCUT2D eigenvalue weighted by molar-refractivity contribution is 8.18. The van der Waals surface area contributed by atoms with Crippen LogP contribution in [0.3, 0.4) is 0 Å². The molecule has 1 fully saturated rings. The fraction of sp³-hybridized carbons (Fsp3) is 0.412. The van der Waals surface area contributed by atoms with Gasteiger partial charge in [-0.05, 0) is 62.2 Å². The summed E-state index contributed by atoms with van der Waals surface area (Å²) in [5.41, 5.74) is 0.991. The van der Waals surface area contributed by atoms with Crippen LogP contribution in [0.1, 0.15) is 32.3 Å². The second-order valence-electron chi connectivity index (χ2n) is 5.74. The van der Waals surface area contributed by atoms with Gasteiger partial charge in [0.05, 0.1) is 11.0 Å². The van der Waals surface area contributed by atoms with Crippen LogP contribution in [0.15, 0.2) is 34.2 Å². The molecule has 1 aromatic rings. The minimum absolute atomic E-state index is 0.130. The highest BCUT2D eigenvalue weighted by atomic mass is 32.2. The van der Waals surface area contributed by atoms with Gasteiger partial charge >= 0.3 is 0 Å². The van der Waals surface area contributed by atoms with Crippen molar-refractivity contribution in [2.75, 3.05) is 13.1 Å². The largest absolute Gasteiger partial charge is 0.491 e. The number of rotatable bonds is 3. The number of benzene rings is 1. The summed E-state index contributed by atoms with van der Waals surface area (Å²) in [7, 11) is 0. The van der Waals surface area contributed by atoms with Crippen LogP contribution in [-0.4, -0.2) is 35.2 Å². The van der Waals surface area contributed by atoms with Gasteiger partial charge in [0.25, 0.3) is 5.91 Å². The van der Waals surface area contributed by atoms with Crippen LogP contribution >= 0.6 is 11.8 Å². The van der Waals surface area contributed by atoms with E-state index in [2.05, 4.69) is 9.89 Å². The average Bonchev–Trinajstić information content (AvgIpc) is 3.11. The Morgan fingerprint density at radius 1 is 1.23 bits per heavy atom. The molecule has 1 amide bonds. The SMILES string of the molecule is CC(C)Oc1ccc(/C=C2/SC(N3CCCC3)=NC2=O)cc1. The zero-order valence-corrected chi connectivity index (χ0v) is 13.7. The molecule has 1 aromatic carbocycles. The number of amidine groups is 1. The molecular formula is C17H20N2O2S. The van der Waals surface area contributed by atoms with E-state index in [1.165, 1.54) is 24.6 Å². The van der Waals surface area contributed by atoms with Crippen molar-refractivity contribution in [3.05, 3.63) is 34.7 Å². The lowest BCUT2D eigenvalue weighted by Crippen LogP contribution is -2.23. The average molecular weight is 316 g/mol. The Hall–Kier alpha value is -1.75. The molecule has 1 saturated heterocycles. The maximum absolute atomic E-state index is 12.0. The van der Waals surface area contributed by atoms with E-state index < -0.39 is 0 Å². The second-order valence-corrected chi connectivity index (χ2v) is 6.75. The van der Waals surface area contributed by atoms with Crippen LogP contribution in [0.5, 0.6) is 5.75 Å². The molecule has 0 atom stereocenters. The lowest BCUT2D eigenvalue weighted by Gasteiger charge is -2.14. The first-order chi connectivity index (χ1) is 10.6. The predicted molar refractivity (Wildman–Crippen MR) is 91.0 cm³/mol. The van der Waals surface area contributed by atoms with Gasteiger partial charge < -0.3 is 9.64 Å². The molecule has 0 saturated carbocycles. The van der Waals surface area contributed by atoms with Crippen LogP contribution in [0, 0.1) is 0 Å². The first-order valence-corrected chi connectivity index (χ1v) is 8.48. The van der Waals surface area contributed by atoms with E-state index in [-0.39, 0.29) is 12.0 Å². The zero-order valence-electron chi connectivity index (χ0n) is 12.9. The van der Waals surface area contributed by atoms with Crippen molar-refractivity contribution in [3.63, 3.8) is 0 Å². The van der Waals surface area contributed by atoms with Gasteiger partial charge in [0.2, 0.25) is 0 Å². The summed E-state index contributed by atoms with van der Waals surface area (Å²) in [5.74, 6) is 0.714. The van der Waals surface area contributed by atoms with Gasteiger partial charge in [0.1, 0.15) is 5.75 Å². The van der Waals surface area contributed by atoms with Gasteiger partial charge in [-0.1, -0.05) is 12.1 Å². The third-order valence-electron chi connectivity index (χ3n) is 3.54. The van der Waals surface area contributed by atoms with E-state index in [9.17, 15) is 4.79 Å². The Bertz CT molecular complexity index is 614. The van der Waals surface area contributed by atoms with Crippen LogP contribution in [0.4, 0.5) is 0 Å². The molecular weight excluding hydrogens is 296 g/mol. The Labute approximate surface area is 135 Å². The Morgan fingerprint density at radius 3 is 2.55 bits per heavy atom. The fourth-order valence-corrected chi connectivity index (χ4v) is 3.47. The number of aliphatic imine (C=N–C) groups is 1. The molecule has 0 aromatic heterocycles. The van der Waals surface area contributed by atoms with E-state index in [4.69, 9.17) is 4.74 Å². The molecule has 0 radical (unpaired) electrons. The highest BCUT2D eigenvalue weighted by Crippen LogP contribution is 2.31. The Morgan fingerprint density at radius 2 is 1.91 bits per heavy atom. The molecule has 0 spiro atoms. The van der Waals surface area contributed by atoms with Crippen molar-refractivity contribution >= 4 is 28.9 Å². The number of ether oxygens (including phenoxy) is 1. The summed E-state index contributed by atoms with van der Waals surface area (Å²) in [6, 6.07) is 7.79. The smallest absolute Gasteiger partial charge is 0.286 e. The summed E-state index contributed by atoms with van der Waals surface area (Å²) in [6.07, 6.45) is 4.43. The molecule has 116 valence electrons. The summed E-state index contributed by atoms with van der Waals surface area (Å²) >= 11 is 1.48. The lowest BCUT2D eigenvalue weighted by molar-refractivity contribution is -0.113. The van der Waals surface area contributed by atoms with Crippen molar-refractivity contribution < 1.29 is 9.53 Å². The van der Waals surface area contributed by atoms with Gasteiger partial charge in [0.15, 0.2) is 5.17 Å². The fourth-order valence-electron chi connectivity index (χ4n) is 2.51. The maximum atomic E-state index is 12.0. The number of thioether (sulfide) groups is 1. The van der Waals surface area contributed by atoms with Crippen LogP contribution in [0.25, 0.3) is 6.08 Å². The second kappa shape index (κ2) is 6.57. The van der Waals surface area contributed by atoms with E-state index in [0.29, 0.717) is 4.91 Å². The third-order valence-corrected chi connectivity index (χ3v) is 4.58. The number of likely N-dealkylation sites (tertiary alicyclic amines) is 1. The van der Waals surface area contributed by atoms with E-state index in [1.807, 2.05) is 44.2 Å². The van der Waals surface area contributed by atoms with Gasteiger partial charge in [-0.25, -0.2) is 0 Å². The number of amides is 1.